The first kappa shape index (κ1) is 10.7. The maximum Gasteiger partial charge on any atom is 0.233 e. The fourth-order valence-electron chi connectivity index (χ4n) is 2.73. The molecule has 0 spiro atoms. The van der Waals surface area contributed by atoms with Crippen LogP contribution < -0.4 is 0 Å². The normalized spacial score (nSPS) is 33.1. The minimum Gasteiger partial charge on any atom is -0.279 e. The zero-order valence-corrected chi connectivity index (χ0v) is 9.24. The predicted molar refractivity (Wildman–Crippen MR) is 56.7 cm³/mol. The molecule has 0 aromatic heterocycles. The summed E-state index contributed by atoms with van der Waals surface area (Å²) in [6.45, 7) is 5.84. The number of likely N-dealkylation sites (tertiary alicyclic amines) is 1. The highest BCUT2D eigenvalue weighted by Crippen LogP contribution is 2.38. The smallest absolute Gasteiger partial charge is 0.233 e. The molecule has 3 unspecified atom stereocenters. The van der Waals surface area contributed by atoms with Crippen LogP contribution in [0.4, 0.5) is 0 Å². The van der Waals surface area contributed by atoms with Crippen LogP contribution in [0.15, 0.2) is 0 Å². The van der Waals surface area contributed by atoms with E-state index >= 15 is 0 Å². The lowest BCUT2D eigenvalue weighted by atomic mass is 9.81. The third kappa shape index (κ3) is 1.58. The van der Waals surface area contributed by atoms with Crippen molar-refractivity contribution in [3.8, 4) is 0 Å². The zero-order valence-electron chi connectivity index (χ0n) is 9.24. The Balaban J connectivity index is 2.21. The van der Waals surface area contributed by atoms with Crippen LogP contribution in [0.1, 0.15) is 39.0 Å². The standard InChI is InChI=1S/C12H18NO2/c1-3-8(2)13-11(14)9-6-4-5-7-10(9)12(13)15/h8-10H,2-7H2,1H3. The van der Waals surface area contributed by atoms with E-state index in [1.54, 1.807) is 0 Å². The van der Waals surface area contributed by atoms with Gasteiger partial charge >= 0.3 is 0 Å². The number of fused-ring (bicyclic) bond motifs is 1. The third-order valence-electron chi connectivity index (χ3n) is 3.71. The Labute approximate surface area is 90.8 Å². The number of rotatable bonds is 2. The Morgan fingerprint density at radius 1 is 1.27 bits per heavy atom. The van der Waals surface area contributed by atoms with Crippen molar-refractivity contribution < 1.29 is 9.59 Å². The monoisotopic (exact) mass is 208 g/mol. The second-order valence-electron chi connectivity index (χ2n) is 4.61. The fraction of sp³-hybridized carbons (Fsp3) is 0.750. The molecule has 83 valence electrons. The molecule has 2 fully saturated rings. The van der Waals surface area contributed by atoms with Crippen molar-refractivity contribution in [2.24, 2.45) is 11.8 Å². The molecule has 0 N–H and O–H groups in total. The average molecular weight is 208 g/mol. The summed E-state index contributed by atoms with van der Waals surface area (Å²) in [5, 5.41) is 0. The van der Waals surface area contributed by atoms with Gasteiger partial charge in [-0.15, -0.1) is 0 Å². The predicted octanol–water partition coefficient (Wildman–Crippen LogP) is 1.77. The zero-order chi connectivity index (χ0) is 11.0. The molecule has 1 heterocycles. The second kappa shape index (κ2) is 3.95. The van der Waals surface area contributed by atoms with Crippen LogP contribution in [-0.4, -0.2) is 22.8 Å². The molecule has 1 radical (unpaired) electrons. The van der Waals surface area contributed by atoms with Gasteiger partial charge in [0.15, 0.2) is 0 Å². The number of amides is 2. The van der Waals surface area contributed by atoms with Crippen molar-refractivity contribution in [1.82, 2.24) is 4.90 Å². The highest BCUT2D eigenvalue weighted by atomic mass is 16.2. The van der Waals surface area contributed by atoms with Gasteiger partial charge in [0.25, 0.3) is 0 Å². The highest BCUT2D eigenvalue weighted by Gasteiger charge is 2.49. The molecule has 1 aliphatic carbocycles. The summed E-state index contributed by atoms with van der Waals surface area (Å²) in [4.78, 5) is 25.4. The van der Waals surface area contributed by atoms with Gasteiger partial charge < -0.3 is 0 Å². The summed E-state index contributed by atoms with van der Waals surface area (Å²) in [7, 11) is 0. The summed E-state index contributed by atoms with van der Waals surface area (Å²) in [6.07, 6.45) is 4.70. The number of hydrogen-bond acceptors (Lipinski definition) is 2. The molecule has 2 aliphatic rings. The molecular weight excluding hydrogens is 190 g/mol. The van der Waals surface area contributed by atoms with Crippen LogP contribution >= 0.6 is 0 Å². The van der Waals surface area contributed by atoms with Gasteiger partial charge in [0.1, 0.15) is 0 Å². The van der Waals surface area contributed by atoms with E-state index in [-0.39, 0.29) is 29.7 Å². The lowest BCUT2D eigenvalue weighted by molar-refractivity contribution is -0.141. The minimum absolute atomic E-state index is 0.0259. The quantitative estimate of drug-likeness (QED) is 0.649. The fourth-order valence-corrected chi connectivity index (χ4v) is 2.73. The topological polar surface area (TPSA) is 37.4 Å². The molecule has 3 atom stereocenters. The number of nitrogens with zero attached hydrogens (tertiary/aromatic N) is 1. The lowest BCUT2D eigenvalue weighted by Crippen LogP contribution is -2.38. The van der Waals surface area contributed by atoms with Crippen molar-refractivity contribution in [3.63, 3.8) is 0 Å². The van der Waals surface area contributed by atoms with Gasteiger partial charge in [-0.1, -0.05) is 19.8 Å². The number of carbonyl (C=O) groups is 2. The van der Waals surface area contributed by atoms with Crippen molar-refractivity contribution in [2.75, 3.05) is 0 Å². The third-order valence-corrected chi connectivity index (χ3v) is 3.71. The number of hydrogen-bond donors (Lipinski definition) is 0. The number of imide groups is 1. The van der Waals surface area contributed by atoms with Crippen LogP contribution in [-0.2, 0) is 9.59 Å². The van der Waals surface area contributed by atoms with E-state index < -0.39 is 0 Å². The molecule has 0 aromatic carbocycles. The van der Waals surface area contributed by atoms with Crippen molar-refractivity contribution in [1.29, 1.82) is 0 Å². The first-order valence-electron chi connectivity index (χ1n) is 5.86. The molecule has 1 saturated heterocycles. The van der Waals surface area contributed by atoms with E-state index in [1.165, 1.54) is 4.90 Å². The molecule has 3 nitrogen and oxygen atoms in total. The highest BCUT2D eigenvalue weighted by molar-refractivity contribution is 6.05. The summed E-state index contributed by atoms with van der Waals surface area (Å²) in [6, 6.07) is -0.171. The molecular formula is C12H18NO2. The van der Waals surface area contributed by atoms with Gasteiger partial charge in [-0.25, -0.2) is 0 Å². The van der Waals surface area contributed by atoms with E-state index in [4.69, 9.17) is 0 Å². The number of carbonyl (C=O) groups excluding carboxylic acids is 2. The van der Waals surface area contributed by atoms with E-state index in [2.05, 4.69) is 6.92 Å². The minimum atomic E-state index is -0.171. The van der Waals surface area contributed by atoms with Crippen LogP contribution in [0.25, 0.3) is 0 Å². The first-order valence-corrected chi connectivity index (χ1v) is 5.86. The summed E-state index contributed by atoms with van der Waals surface area (Å²) < 4.78 is 0. The molecule has 2 amide bonds. The van der Waals surface area contributed by atoms with Crippen LogP contribution in [0, 0.1) is 18.8 Å². The van der Waals surface area contributed by atoms with Gasteiger partial charge in [0.2, 0.25) is 11.8 Å². The van der Waals surface area contributed by atoms with Gasteiger partial charge in [0.05, 0.1) is 11.8 Å². The Hall–Kier alpha value is -0.860. The van der Waals surface area contributed by atoms with Gasteiger partial charge in [-0.2, -0.15) is 0 Å². The van der Waals surface area contributed by atoms with E-state index in [9.17, 15) is 9.59 Å². The molecule has 0 bridgehead atoms. The van der Waals surface area contributed by atoms with Crippen LogP contribution in [0.3, 0.4) is 0 Å². The SMILES string of the molecule is [CH2]C(CC)N1C(=O)C2CCCCC2C1=O. The van der Waals surface area contributed by atoms with E-state index in [0.29, 0.717) is 0 Å². The Morgan fingerprint density at radius 3 is 2.13 bits per heavy atom. The summed E-state index contributed by atoms with van der Waals surface area (Å²) >= 11 is 0. The Morgan fingerprint density at radius 2 is 1.73 bits per heavy atom. The van der Waals surface area contributed by atoms with Crippen molar-refractivity contribution in [3.05, 3.63) is 6.92 Å². The molecule has 0 aromatic rings. The van der Waals surface area contributed by atoms with Gasteiger partial charge in [-0.05, 0) is 26.2 Å². The second-order valence-corrected chi connectivity index (χ2v) is 4.61. The van der Waals surface area contributed by atoms with Crippen LogP contribution in [0.2, 0.25) is 0 Å². The molecule has 1 aliphatic heterocycles. The average Bonchev–Trinajstić information content (AvgIpc) is 2.52. The lowest BCUT2D eigenvalue weighted by Gasteiger charge is -2.21. The Bertz CT molecular complexity index is 263. The summed E-state index contributed by atoms with van der Waals surface area (Å²) in [5.74, 6) is 0.0159. The van der Waals surface area contributed by atoms with E-state index in [0.717, 1.165) is 32.1 Å². The summed E-state index contributed by atoms with van der Waals surface area (Å²) in [5.41, 5.74) is 0. The van der Waals surface area contributed by atoms with Crippen LogP contribution in [0.5, 0.6) is 0 Å². The molecule has 3 heteroatoms. The largest absolute Gasteiger partial charge is 0.279 e. The first-order chi connectivity index (χ1) is 7.16. The van der Waals surface area contributed by atoms with E-state index in [1.807, 2.05) is 6.92 Å². The van der Waals surface area contributed by atoms with Gasteiger partial charge in [0, 0.05) is 6.04 Å². The maximum absolute atomic E-state index is 12.0. The Kier molecular flexibility index (Phi) is 2.81. The molecule has 1 saturated carbocycles. The van der Waals surface area contributed by atoms with Crippen molar-refractivity contribution >= 4 is 11.8 Å². The van der Waals surface area contributed by atoms with Crippen molar-refractivity contribution in [2.45, 2.75) is 45.1 Å². The maximum atomic E-state index is 12.0. The molecule has 15 heavy (non-hydrogen) atoms. The molecule has 2 rings (SSSR count). The van der Waals surface area contributed by atoms with Gasteiger partial charge in [-0.3, -0.25) is 14.5 Å².